The van der Waals surface area contributed by atoms with Crippen molar-refractivity contribution < 1.29 is 9.53 Å². The van der Waals surface area contributed by atoms with Crippen LogP contribution in [0, 0.1) is 5.92 Å². The molecule has 6 nitrogen and oxygen atoms in total. The Balaban J connectivity index is 2.42. The van der Waals surface area contributed by atoms with Crippen LogP contribution in [0.1, 0.15) is 19.4 Å². The topological polar surface area (TPSA) is 87.1 Å². The van der Waals surface area contributed by atoms with Crippen LogP contribution in [-0.4, -0.2) is 18.7 Å². The van der Waals surface area contributed by atoms with Gasteiger partial charge < -0.3 is 10.1 Å². The van der Waals surface area contributed by atoms with Crippen molar-refractivity contribution in [3.05, 3.63) is 46.3 Å². The molecule has 0 radical (unpaired) electrons. The standard InChI is InChI=1S/C13H18N4O2/c1-10(2)12(8-15-17-14)16-13(18)19-9-11-6-4-3-5-7-11/h3-7,10,12H,8-9H2,1-2H3,(H,16,18)/t12-/m1/s1. The van der Waals surface area contributed by atoms with Gasteiger partial charge in [-0.25, -0.2) is 4.79 Å². The third-order valence-corrected chi connectivity index (χ3v) is 2.66. The Labute approximate surface area is 112 Å². The molecule has 6 heteroatoms. The van der Waals surface area contributed by atoms with Crippen LogP contribution >= 0.6 is 0 Å². The Bertz CT molecular complexity index is 441. The van der Waals surface area contributed by atoms with Crippen molar-refractivity contribution in [1.82, 2.24) is 5.32 Å². The fraction of sp³-hybridized carbons (Fsp3) is 0.462. The van der Waals surface area contributed by atoms with Crippen molar-refractivity contribution in [2.45, 2.75) is 26.5 Å². The van der Waals surface area contributed by atoms with E-state index in [0.717, 1.165) is 5.56 Å². The van der Waals surface area contributed by atoms with Crippen molar-refractivity contribution in [3.63, 3.8) is 0 Å². The zero-order valence-electron chi connectivity index (χ0n) is 11.1. The van der Waals surface area contributed by atoms with Crippen LogP contribution in [0.15, 0.2) is 35.4 Å². The molecule has 102 valence electrons. The van der Waals surface area contributed by atoms with Crippen LogP contribution in [0.2, 0.25) is 0 Å². The maximum absolute atomic E-state index is 11.6. The third kappa shape index (κ3) is 5.79. The number of carbonyl (C=O) groups is 1. The second-order valence-electron chi connectivity index (χ2n) is 4.47. The smallest absolute Gasteiger partial charge is 0.407 e. The number of rotatable bonds is 6. The normalized spacial score (nSPS) is 11.5. The molecule has 0 heterocycles. The molecule has 0 saturated carbocycles. The van der Waals surface area contributed by atoms with Crippen LogP contribution in [-0.2, 0) is 11.3 Å². The molecule has 0 aliphatic heterocycles. The zero-order chi connectivity index (χ0) is 14.1. The number of azide groups is 1. The van der Waals surface area contributed by atoms with Gasteiger partial charge in [0.25, 0.3) is 0 Å². The largest absolute Gasteiger partial charge is 0.445 e. The summed E-state index contributed by atoms with van der Waals surface area (Å²) < 4.78 is 5.10. The number of ether oxygens (including phenoxy) is 1. The van der Waals surface area contributed by atoms with Gasteiger partial charge in [0.05, 0.1) is 0 Å². The van der Waals surface area contributed by atoms with Gasteiger partial charge in [-0.15, -0.1) is 0 Å². The van der Waals surface area contributed by atoms with Crippen LogP contribution in [0.25, 0.3) is 10.4 Å². The minimum absolute atomic E-state index is 0.162. The Morgan fingerprint density at radius 3 is 2.68 bits per heavy atom. The third-order valence-electron chi connectivity index (χ3n) is 2.66. The van der Waals surface area contributed by atoms with Crippen molar-refractivity contribution in [2.24, 2.45) is 11.0 Å². The van der Waals surface area contributed by atoms with E-state index in [4.69, 9.17) is 10.3 Å². The van der Waals surface area contributed by atoms with Crippen molar-refractivity contribution in [3.8, 4) is 0 Å². The number of carbonyl (C=O) groups excluding carboxylic acids is 1. The first-order valence-corrected chi connectivity index (χ1v) is 6.11. The summed E-state index contributed by atoms with van der Waals surface area (Å²) >= 11 is 0. The molecule has 0 bridgehead atoms. The molecule has 0 spiro atoms. The molecule has 0 fully saturated rings. The number of hydrogen-bond acceptors (Lipinski definition) is 3. The SMILES string of the molecule is CC(C)[C@@H](CN=[N+]=[N-])NC(=O)OCc1ccccc1. The van der Waals surface area contributed by atoms with E-state index in [0.29, 0.717) is 0 Å². The van der Waals surface area contributed by atoms with E-state index >= 15 is 0 Å². The first-order valence-electron chi connectivity index (χ1n) is 6.11. The summed E-state index contributed by atoms with van der Waals surface area (Å²) in [4.78, 5) is 14.3. The van der Waals surface area contributed by atoms with E-state index in [2.05, 4.69) is 15.3 Å². The van der Waals surface area contributed by atoms with Crippen molar-refractivity contribution in [2.75, 3.05) is 6.54 Å². The summed E-state index contributed by atoms with van der Waals surface area (Å²) in [6, 6.07) is 9.21. The molecule has 1 rings (SSSR count). The van der Waals surface area contributed by atoms with Gasteiger partial charge >= 0.3 is 6.09 Å². The lowest BCUT2D eigenvalue weighted by atomic mass is 10.1. The molecule has 0 aromatic heterocycles. The molecule has 0 aliphatic rings. The maximum atomic E-state index is 11.6. The van der Waals surface area contributed by atoms with Crippen molar-refractivity contribution >= 4 is 6.09 Å². The summed E-state index contributed by atoms with van der Waals surface area (Å²) in [6.45, 7) is 4.32. The molecule has 1 aromatic carbocycles. The molecule has 0 saturated heterocycles. The number of benzene rings is 1. The maximum Gasteiger partial charge on any atom is 0.407 e. The number of nitrogens with one attached hydrogen (secondary N) is 1. The molecular weight excluding hydrogens is 244 g/mol. The molecule has 1 aromatic rings. The zero-order valence-corrected chi connectivity index (χ0v) is 11.1. The molecule has 1 atom stereocenters. The lowest BCUT2D eigenvalue weighted by Crippen LogP contribution is -2.40. The summed E-state index contributed by atoms with van der Waals surface area (Å²) in [6.07, 6.45) is -0.504. The molecule has 19 heavy (non-hydrogen) atoms. The number of hydrogen-bond donors (Lipinski definition) is 1. The van der Waals surface area contributed by atoms with Gasteiger partial charge in [0.15, 0.2) is 0 Å². The van der Waals surface area contributed by atoms with E-state index in [1.165, 1.54) is 0 Å². The highest BCUT2D eigenvalue weighted by Gasteiger charge is 2.15. The summed E-state index contributed by atoms with van der Waals surface area (Å²) in [5.41, 5.74) is 9.22. The van der Waals surface area contributed by atoms with E-state index < -0.39 is 6.09 Å². The fourth-order valence-corrected chi connectivity index (χ4v) is 1.46. The average molecular weight is 262 g/mol. The molecular formula is C13H18N4O2. The minimum atomic E-state index is -0.504. The van der Waals surface area contributed by atoms with Gasteiger partial charge in [0.2, 0.25) is 0 Å². The quantitative estimate of drug-likeness (QED) is 0.484. The minimum Gasteiger partial charge on any atom is -0.445 e. The monoisotopic (exact) mass is 262 g/mol. The highest BCUT2D eigenvalue weighted by atomic mass is 16.5. The Hall–Kier alpha value is -2.20. The van der Waals surface area contributed by atoms with Gasteiger partial charge in [-0.2, -0.15) is 0 Å². The van der Waals surface area contributed by atoms with Crippen molar-refractivity contribution in [1.29, 1.82) is 0 Å². The summed E-state index contributed by atoms with van der Waals surface area (Å²) in [5.74, 6) is 0.162. The van der Waals surface area contributed by atoms with Crippen LogP contribution < -0.4 is 5.32 Å². The molecule has 0 aliphatic carbocycles. The highest BCUT2D eigenvalue weighted by Crippen LogP contribution is 2.04. The fourth-order valence-electron chi connectivity index (χ4n) is 1.46. The Kier molecular flexibility index (Phi) is 6.26. The van der Waals surface area contributed by atoms with Crippen LogP contribution in [0.5, 0.6) is 0 Å². The van der Waals surface area contributed by atoms with E-state index in [-0.39, 0.29) is 25.1 Å². The van der Waals surface area contributed by atoms with Gasteiger partial charge in [-0.05, 0) is 17.0 Å². The predicted molar refractivity (Wildman–Crippen MR) is 72.4 cm³/mol. The second-order valence-corrected chi connectivity index (χ2v) is 4.47. The lowest BCUT2D eigenvalue weighted by Gasteiger charge is -2.19. The van der Waals surface area contributed by atoms with Gasteiger partial charge in [0, 0.05) is 17.5 Å². The van der Waals surface area contributed by atoms with Gasteiger partial charge in [-0.1, -0.05) is 49.3 Å². The lowest BCUT2D eigenvalue weighted by molar-refractivity contribution is 0.133. The Morgan fingerprint density at radius 1 is 1.42 bits per heavy atom. The van der Waals surface area contributed by atoms with Crippen LogP contribution in [0.3, 0.4) is 0 Å². The summed E-state index contributed by atoms with van der Waals surface area (Å²) in [5, 5.41) is 6.17. The van der Waals surface area contributed by atoms with Gasteiger partial charge in [-0.3, -0.25) is 0 Å². The number of nitrogens with zero attached hydrogens (tertiary/aromatic N) is 3. The first kappa shape index (κ1) is 14.9. The number of amides is 1. The molecule has 1 N–H and O–H groups in total. The molecule has 1 amide bonds. The Morgan fingerprint density at radius 2 is 2.11 bits per heavy atom. The number of alkyl carbamates (subject to hydrolysis) is 1. The predicted octanol–water partition coefficient (Wildman–Crippen LogP) is 3.25. The highest BCUT2D eigenvalue weighted by molar-refractivity contribution is 5.67. The van der Waals surface area contributed by atoms with Gasteiger partial charge in [0.1, 0.15) is 6.61 Å². The first-order chi connectivity index (χ1) is 9.13. The van der Waals surface area contributed by atoms with E-state index in [9.17, 15) is 4.79 Å². The van der Waals surface area contributed by atoms with E-state index in [1.54, 1.807) is 0 Å². The van der Waals surface area contributed by atoms with E-state index in [1.807, 2.05) is 44.2 Å². The molecule has 0 unspecified atom stereocenters. The average Bonchev–Trinajstić information content (AvgIpc) is 2.42. The van der Waals surface area contributed by atoms with Crippen LogP contribution in [0.4, 0.5) is 4.79 Å². The second kappa shape index (κ2) is 8.00. The summed E-state index contributed by atoms with van der Waals surface area (Å²) in [7, 11) is 0.